The normalized spacial score (nSPS) is 10.8. The number of sulfone groups is 2. The number of terminal acetylenes is 1. The van der Waals surface area contributed by atoms with Gasteiger partial charge in [-0.1, -0.05) is 71.2 Å². The summed E-state index contributed by atoms with van der Waals surface area (Å²) in [6, 6.07) is 19.3. The average molecular weight is 1120 g/mol. The Balaban J connectivity index is -0.000000762. The third-order valence-electron chi connectivity index (χ3n) is 7.42. The maximum Gasteiger partial charge on any atom is 0.287 e. The van der Waals surface area contributed by atoms with Crippen molar-refractivity contribution in [2.45, 2.75) is 94.8 Å². The Morgan fingerprint density at radius 2 is 1.22 bits per heavy atom. The van der Waals surface area contributed by atoms with E-state index in [1.807, 2.05) is 27.7 Å². The maximum atomic E-state index is 12.4. The van der Waals surface area contributed by atoms with E-state index in [0.717, 1.165) is 11.5 Å². The molecule has 0 amide bonds. The fraction of sp³-hybridized carbons (Fsp3) is 0.333. The van der Waals surface area contributed by atoms with Gasteiger partial charge in [0, 0.05) is 13.7 Å². The Kier molecular flexibility index (Phi) is 30.1. The minimum atomic E-state index is -3.40. The number of nitro groups is 1. The average Bonchev–Trinajstić information content (AvgIpc) is 3.22. The molecular weight excluding hydrogens is 1060 g/mol. The molecule has 0 radical (unpaired) electrons. The van der Waals surface area contributed by atoms with Gasteiger partial charge >= 0.3 is 0 Å². The van der Waals surface area contributed by atoms with Crippen molar-refractivity contribution in [3.63, 3.8) is 0 Å². The zero-order chi connectivity index (χ0) is 48.7. The topological polar surface area (TPSA) is 227 Å². The van der Waals surface area contributed by atoms with E-state index in [9.17, 15) is 31.2 Å². The molecule has 0 saturated carbocycles. The Labute approximate surface area is 413 Å². The fourth-order valence-corrected chi connectivity index (χ4v) is 7.29. The van der Waals surface area contributed by atoms with E-state index in [2.05, 4.69) is 41.8 Å². The molecule has 354 valence electrons. The van der Waals surface area contributed by atoms with Crippen molar-refractivity contribution < 1.29 is 31.6 Å². The molecule has 1 unspecified atom stereocenters. The molecule has 0 aliphatic rings. The monoisotopic (exact) mass is 1120 g/mol. The number of hydrogen-bond donors (Lipinski definition) is 2. The van der Waals surface area contributed by atoms with Crippen LogP contribution in [-0.2, 0) is 34.9 Å². The number of nitrogens with two attached hydrogens (primary N) is 1. The lowest BCUT2D eigenvalue weighted by Crippen LogP contribution is -2.15. The van der Waals surface area contributed by atoms with Crippen molar-refractivity contribution in [1.29, 1.82) is 0 Å². The van der Waals surface area contributed by atoms with Gasteiger partial charge in [0.2, 0.25) is 0 Å². The van der Waals surface area contributed by atoms with Crippen molar-refractivity contribution in [3.8, 4) is 12.3 Å². The molecule has 1 atom stereocenters. The van der Waals surface area contributed by atoms with Crippen LogP contribution in [0.1, 0.15) is 67.2 Å². The third-order valence-corrected chi connectivity index (χ3v) is 13.9. The maximum absolute atomic E-state index is 12.4. The number of nitrogens with one attached hydrogen (secondary N) is 1. The molecule has 15 nitrogen and oxygen atoms in total. The molecule has 0 fully saturated rings. The van der Waals surface area contributed by atoms with E-state index in [0.29, 0.717) is 33.1 Å². The van der Waals surface area contributed by atoms with Crippen LogP contribution in [0.2, 0.25) is 15.1 Å². The molecule has 3 N–H and O–H groups in total. The Morgan fingerprint density at radius 1 is 0.781 bits per heavy atom. The van der Waals surface area contributed by atoms with Gasteiger partial charge in [0.05, 0.1) is 65.9 Å². The third kappa shape index (κ3) is 21.8. The van der Waals surface area contributed by atoms with Gasteiger partial charge in [0.15, 0.2) is 36.6 Å². The highest BCUT2D eigenvalue weighted by Crippen LogP contribution is 2.30. The first-order valence-electron chi connectivity index (χ1n) is 18.6. The Morgan fingerprint density at radius 3 is 1.62 bits per heavy atom. The van der Waals surface area contributed by atoms with Crippen LogP contribution in [0.3, 0.4) is 0 Å². The molecule has 0 spiro atoms. The Bertz CT molecular complexity index is 2540. The second-order valence-corrected chi connectivity index (χ2v) is 21.2. The van der Waals surface area contributed by atoms with Gasteiger partial charge in [0.1, 0.15) is 21.7 Å². The number of halogens is 4. The van der Waals surface area contributed by atoms with E-state index in [1.165, 1.54) is 31.5 Å². The van der Waals surface area contributed by atoms with Gasteiger partial charge in [-0.3, -0.25) is 14.3 Å². The van der Waals surface area contributed by atoms with Crippen molar-refractivity contribution in [2.75, 3.05) is 18.2 Å². The fourth-order valence-electron chi connectivity index (χ4n) is 4.10. The minimum absolute atomic E-state index is 0. The number of rotatable bonds is 9. The summed E-state index contributed by atoms with van der Waals surface area (Å²) in [4.78, 5) is 26.2. The molecular formula is C42H57Cl3IN7O8S3. The molecule has 5 rings (SSSR count). The summed E-state index contributed by atoms with van der Waals surface area (Å²) in [5.41, 5.74) is 7.12. The first kappa shape index (κ1) is 62.1. The number of aromatic nitrogens is 4. The SMILES string of the molecule is C#CC.CC(C)S(=O)(=O)c1ccccc1N.COS(=O)C(C)C.Cc1ncc(Cl)c(C)n1.Cc1ncc(Cl)c(Nc2ccccc2S(=O)(=O)C(C)C)n1.I.O=[N+]([O-])c1ccccc1Cl.[HH]. The number of anilines is 3. The first-order valence-corrected chi connectivity index (χ1v) is 24.0. The van der Waals surface area contributed by atoms with Gasteiger partial charge in [-0.25, -0.2) is 41.0 Å². The largest absolute Gasteiger partial charge is 0.398 e. The molecule has 0 aliphatic carbocycles. The van der Waals surface area contributed by atoms with E-state index >= 15 is 0 Å². The molecule has 0 aliphatic heterocycles. The zero-order valence-electron chi connectivity index (χ0n) is 37.2. The lowest BCUT2D eigenvalue weighted by molar-refractivity contribution is -0.384. The van der Waals surface area contributed by atoms with Crippen molar-refractivity contribution in [1.82, 2.24) is 19.9 Å². The van der Waals surface area contributed by atoms with Crippen molar-refractivity contribution in [2.24, 2.45) is 0 Å². The number of nitrogens with zero attached hydrogens (tertiary/aromatic N) is 5. The van der Waals surface area contributed by atoms with Crippen LogP contribution in [-0.4, -0.2) is 68.8 Å². The van der Waals surface area contributed by atoms with Crippen LogP contribution in [0, 0.1) is 43.2 Å². The second-order valence-electron chi connectivity index (χ2n) is 13.3. The summed E-state index contributed by atoms with van der Waals surface area (Å²) < 4.78 is 63.0. The molecule has 5 aromatic rings. The lowest BCUT2D eigenvalue weighted by atomic mass is 10.3. The van der Waals surface area contributed by atoms with E-state index in [1.54, 1.807) is 102 Å². The summed E-state index contributed by atoms with van der Waals surface area (Å²) in [6.07, 6.45) is 7.69. The summed E-state index contributed by atoms with van der Waals surface area (Å²) in [7, 11) is -5.19. The van der Waals surface area contributed by atoms with Crippen LogP contribution in [0.4, 0.5) is 22.9 Å². The van der Waals surface area contributed by atoms with Crippen LogP contribution < -0.4 is 11.1 Å². The van der Waals surface area contributed by atoms with Crippen LogP contribution >= 0.6 is 58.8 Å². The van der Waals surface area contributed by atoms with Crippen molar-refractivity contribution in [3.05, 3.63) is 128 Å². The van der Waals surface area contributed by atoms with Crippen LogP contribution in [0.15, 0.2) is 95.0 Å². The van der Waals surface area contributed by atoms with Gasteiger partial charge in [-0.2, -0.15) is 0 Å². The van der Waals surface area contributed by atoms with E-state index in [-0.39, 0.29) is 51.2 Å². The zero-order valence-corrected chi connectivity index (χ0v) is 44.3. The molecule has 2 heterocycles. The quantitative estimate of drug-likeness (QED) is 0.0460. The standard InChI is InChI=1S/C14H16ClN3O2S.C9H13NO2S.C6H7ClN2.C6H4ClNO2.C4H10O2S.C3H4.HI.H2/c1-9(2)21(19,20)13-7-5-4-6-12(13)18-14-11(15)8-16-10(3)17-14;1-7(2)13(11,12)9-6-4-3-5-8(9)10;1-4-6(7)3-8-5(2)9-4;7-5-3-1-2-4-6(5)8(9)10;1-4(2)7(5)6-3;1-3-2;;/h4-9H,1-3H3,(H,16,17,18);3-7H,10H2,1-2H3;3H,1-2H3;1-4H;4H,1-3H3;1H,2H3;2*1H. The molecule has 0 bridgehead atoms. The molecule has 22 heteroatoms. The summed E-state index contributed by atoms with van der Waals surface area (Å²) >= 11 is 16.1. The van der Waals surface area contributed by atoms with Gasteiger partial charge in [0.25, 0.3) is 5.69 Å². The smallest absolute Gasteiger partial charge is 0.287 e. The van der Waals surface area contributed by atoms with E-state index < -0.39 is 46.2 Å². The number of nitrogen functional groups attached to an aromatic ring is 1. The van der Waals surface area contributed by atoms with Crippen LogP contribution in [0.25, 0.3) is 0 Å². The number of nitro benzene ring substituents is 1. The predicted molar refractivity (Wildman–Crippen MR) is 274 cm³/mol. The van der Waals surface area contributed by atoms with Gasteiger partial charge in [-0.05, 0) is 99.6 Å². The highest BCUT2D eigenvalue weighted by Gasteiger charge is 2.23. The number of aryl methyl sites for hydroxylation is 3. The molecule has 2 aromatic heterocycles. The molecule has 3 aromatic carbocycles. The summed E-state index contributed by atoms with van der Waals surface area (Å²) in [6.45, 7) is 17.4. The molecule has 0 saturated heterocycles. The highest BCUT2D eigenvalue weighted by molar-refractivity contribution is 14.0. The van der Waals surface area contributed by atoms with E-state index in [4.69, 9.17) is 40.5 Å². The number of benzene rings is 3. The summed E-state index contributed by atoms with van der Waals surface area (Å²) in [5.74, 6) is 3.94. The predicted octanol–water partition coefficient (Wildman–Crippen LogP) is 11.0. The number of para-hydroxylation sites is 3. The Hall–Kier alpha value is -4.01. The van der Waals surface area contributed by atoms with Crippen molar-refractivity contribution >= 4 is 112 Å². The highest BCUT2D eigenvalue weighted by atomic mass is 127. The van der Waals surface area contributed by atoms with Gasteiger partial charge in [-0.15, -0.1) is 36.3 Å². The number of hydrogen-bond acceptors (Lipinski definition) is 14. The summed E-state index contributed by atoms with van der Waals surface area (Å²) in [5, 5.41) is 13.4. The lowest BCUT2D eigenvalue weighted by Gasteiger charge is -2.14. The molecule has 64 heavy (non-hydrogen) atoms. The van der Waals surface area contributed by atoms with Gasteiger partial charge < -0.3 is 11.1 Å². The first-order chi connectivity index (χ1) is 29.3. The second kappa shape index (κ2) is 31.0. The van der Waals surface area contributed by atoms with Crippen LogP contribution in [0.5, 0.6) is 0 Å². The minimum Gasteiger partial charge on any atom is -0.398 e.